The van der Waals surface area contributed by atoms with Crippen molar-refractivity contribution in [2.24, 2.45) is 5.92 Å². The van der Waals surface area contributed by atoms with E-state index in [4.69, 9.17) is 0 Å². The van der Waals surface area contributed by atoms with Crippen LogP contribution in [0, 0.1) is 5.92 Å². The van der Waals surface area contributed by atoms with Crippen LogP contribution in [0.4, 0.5) is 0 Å². The van der Waals surface area contributed by atoms with Gasteiger partial charge in [0.2, 0.25) is 11.8 Å². The van der Waals surface area contributed by atoms with Gasteiger partial charge in [-0.1, -0.05) is 30.3 Å². The Morgan fingerprint density at radius 1 is 1.15 bits per heavy atom. The molecular weight excluding hydrogens is 252 g/mol. The minimum Gasteiger partial charge on any atom is -0.342 e. The van der Waals surface area contributed by atoms with Gasteiger partial charge in [0.05, 0.1) is 5.92 Å². The molecule has 106 valence electrons. The van der Waals surface area contributed by atoms with Crippen LogP contribution in [-0.2, 0) is 16.1 Å². The zero-order chi connectivity index (χ0) is 13.9. The third kappa shape index (κ3) is 2.69. The summed E-state index contributed by atoms with van der Waals surface area (Å²) in [5, 5.41) is 0. The second-order valence-electron chi connectivity index (χ2n) is 5.69. The molecule has 20 heavy (non-hydrogen) atoms. The summed E-state index contributed by atoms with van der Waals surface area (Å²) in [5.74, 6) is 0.141. The number of rotatable bonds is 3. The van der Waals surface area contributed by atoms with Crippen molar-refractivity contribution in [2.75, 3.05) is 19.6 Å². The number of carbonyl (C=O) groups excluding carboxylic acids is 2. The van der Waals surface area contributed by atoms with Crippen molar-refractivity contribution in [3.8, 4) is 0 Å². The van der Waals surface area contributed by atoms with E-state index < -0.39 is 0 Å². The first-order valence-corrected chi connectivity index (χ1v) is 7.34. The van der Waals surface area contributed by atoms with Crippen LogP contribution >= 0.6 is 0 Å². The second kappa shape index (κ2) is 5.65. The summed E-state index contributed by atoms with van der Waals surface area (Å²) >= 11 is 0. The summed E-state index contributed by atoms with van der Waals surface area (Å²) in [4.78, 5) is 28.1. The molecule has 4 nitrogen and oxygen atoms in total. The monoisotopic (exact) mass is 272 g/mol. The molecule has 2 aliphatic heterocycles. The molecule has 0 bridgehead atoms. The lowest BCUT2D eigenvalue weighted by molar-refractivity contribution is -0.134. The Balaban J connectivity index is 1.61. The molecule has 1 atom stereocenters. The summed E-state index contributed by atoms with van der Waals surface area (Å²) in [6.07, 6.45) is 2.57. The Bertz CT molecular complexity index is 494. The van der Waals surface area contributed by atoms with Crippen LogP contribution in [0.1, 0.15) is 24.8 Å². The van der Waals surface area contributed by atoms with Gasteiger partial charge in [0, 0.05) is 32.6 Å². The molecule has 1 unspecified atom stereocenters. The first kappa shape index (κ1) is 13.2. The molecule has 1 aromatic rings. The standard InChI is InChI=1S/C16H20N2O2/c19-15-10-14(16(20)17-8-4-5-9-17)12-18(15)11-13-6-2-1-3-7-13/h1-3,6-7,14H,4-5,8-12H2. The number of benzene rings is 1. The van der Waals surface area contributed by atoms with Gasteiger partial charge in [-0.05, 0) is 18.4 Å². The van der Waals surface area contributed by atoms with Crippen LogP contribution in [-0.4, -0.2) is 41.2 Å². The highest BCUT2D eigenvalue weighted by Gasteiger charge is 2.36. The average Bonchev–Trinajstić information content (AvgIpc) is 3.10. The third-order valence-corrected chi connectivity index (χ3v) is 4.20. The van der Waals surface area contributed by atoms with Crippen LogP contribution < -0.4 is 0 Å². The van der Waals surface area contributed by atoms with Gasteiger partial charge in [0.25, 0.3) is 0 Å². The van der Waals surface area contributed by atoms with E-state index in [1.54, 1.807) is 0 Å². The number of carbonyl (C=O) groups is 2. The molecule has 2 aliphatic rings. The lowest BCUT2D eigenvalue weighted by Crippen LogP contribution is -2.35. The minimum atomic E-state index is -0.135. The molecule has 2 amide bonds. The predicted octanol–water partition coefficient (Wildman–Crippen LogP) is 1.66. The molecule has 4 heteroatoms. The highest BCUT2D eigenvalue weighted by atomic mass is 16.2. The smallest absolute Gasteiger partial charge is 0.227 e. The number of hydrogen-bond donors (Lipinski definition) is 0. The highest BCUT2D eigenvalue weighted by Crippen LogP contribution is 2.23. The summed E-state index contributed by atoms with van der Waals surface area (Å²) in [6.45, 7) is 2.91. The Morgan fingerprint density at radius 2 is 1.85 bits per heavy atom. The maximum absolute atomic E-state index is 12.3. The fourth-order valence-electron chi connectivity index (χ4n) is 3.09. The van der Waals surface area contributed by atoms with Crippen LogP contribution in [0.25, 0.3) is 0 Å². The molecule has 0 N–H and O–H groups in total. The molecule has 0 radical (unpaired) electrons. The van der Waals surface area contributed by atoms with Gasteiger partial charge in [0.15, 0.2) is 0 Å². The summed E-state index contributed by atoms with van der Waals surface area (Å²) in [7, 11) is 0. The van der Waals surface area contributed by atoms with Gasteiger partial charge in [-0.2, -0.15) is 0 Å². The van der Waals surface area contributed by atoms with E-state index in [-0.39, 0.29) is 17.7 Å². The molecule has 2 heterocycles. The summed E-state index contributed by atoms with van der Waals surface area (Å²) in [5.41, 5.74) is 1.12. The van der Waals surface area contributed by atoms with Crippen molar-refractivity contribution in [1.82, 2.24) is 9.80 Å². The van der Waals surface area contributed by atoms with Crippen molar-refractivity contribution in [3.05, 3.63) is 35.9 Å². The first-order chi connectivity index (χ1) is 9.74. The fourth-order valence-corrected chi connectivity index (χ4v) is 3.09. The molecule has 0 saturated carbocycles. The van der Waals surface area contributed by atoms with Crippen LogP contribution in [0.5, 0.6) is 0 Å². The van der Waals surface area contributed by atoms with E-state index in [0.717, 1.165) is 31.5 Å². The number of amides is 2. The lowest BCUT2D eigenvalue weighted by atomic mass is 10.1. The Kier molecular flexibility index (Phi) is 3.72. The molecule has 2 saturated heterocycles. The Morgan fingerprint density at radius 3 is 2.55 bits per heavy atom. The zero-order valence-electron chi connectivity index (χ0n) is 11.6. The molecular formula is C16H20N2O2. The highest BCUT2D eigenvalue weighted by molar-refractivity contribution is 5.89. The van der Waals surface area contributed by atoms with Crippen molar-refractivity contribution < 1.29 is 9.59 Å². The number of nitrogens with zero attached hydrogens (tertiary/aromatic N) is 2. The molecule has 1 aromatic carbocycles. The summed E-state index contributed by atoms with van der Waals surface area (Å²) in [6, 6.07) is 9.95. The van der Waals surface area contributed by atoms with Gasteiger partial charge < -0.3 is 9.80 Å². The van der Waals surface area contributed by atoms with E-state index in [0.29, 0.717) is 19.5 Å². The number of likely N-dealkylation sites (tertiary alicyclic amines) is 2. The quantitative estimate of drug-likeness (QED) is 0.839. The van der Waals surface area contributed by atoms with Crippen molar-refractivity contribution in [1.29, 1.82) is 0 Å². The van der Waals surface area contributed by atoms with Gasteiger partial charge >= 0.3 is 0 Å². The molecule has 0 spiro atoms. The van der Waals surface area contributed by atoms with E-state index in [9.17, 15) is 9.59 Å². The van der Waals surface area contributed by atoms with E-state index in [2.05, 4.69) is 0 Å². The maximum Gasteiger partial charge on any atom is 0.227 e. The molecule has 0 aromatic heterocycles. The minimum absolute atomic E-state index is 0.103. The summed E-state index contributed by atoms with van der Waals surface area (Å²) < 4.78 is 0. The van der Waals surface area contributed by atoms with Gasteiger partial charge in [-0.3, -0.25) is 9.59 Å². The largest absolute Gasteiger partial charge is 0.342 e. The SMILES string of the molecule is O=C1CC(C(=O)N2CCCC2)CN1Cc1ccccc1. The van der Waals surface area contributed by atoms with E-state index in [1.807, 2.05) is 40.1 Å². The Hall–Kier alpha value is -1.84. The maximum atomic E-state index is 12.3. The van der Waals surface area contributed by atoms with Crippen molar-refractivity contribution >= 4 is 11.8 Å². The Labute approximate surface area is 119 Å². The topological polar surface area (TPSA) is 40.6 Å². The third-order valence-electron chi connectivity index (χ3n) is 4.20. The number of hydrogen-bond acceptors (Lipinski definition) is 2. The molecule has 2 fully saturated rings. The van der Waals surface area contributed by atoms with Gasteiger partial charge in [-0.25, -0.2) is 0 Å². The first-order valence-electron chi connectivity index (χ1n) is 7.34. The van der Waals surface area contributed by atoms with Crippen LogP contribution in [0.3, 0.4) is 0 Å². The van der Waals surface area contributed by atoms with Crippen LogP contribution in [0.2, 0.25) is 0 Å². The van der Waals surface area contributed by atoms with Crippen molar-refractivity contribution in [3.63, 3.8) is 0 Å². The van der Waals surface area contributed by atoms with Gasteiger partial charge in [-0.15, -0.1) is 0 Å². The van der Waals surface area contributed by atoms with E-state index >= 15 is 0 Å². The van der Waals surface area contributed by atoms with E-state index in [1.165, 1.54) is 0 Å². The van der Waals surface area contributed by atoms with Crippen molar-refractivity contribution in [2.45, 2.75) is 25.8 Å². The normalized spacial score (nSPS) is 22.6. The lowest BCUT2D eigenvalue weighted by Gasteiger charge is -2.20. The van der Waals surface area contributed by atoms with Gasteiger partial charge in [0.1, 0.15) is 0 Å². The average molecular weight is 272 g/mol. The zero-order valence-corrected chi connectivity index (χ0v) is 11.6. The van der Waals surface area contributed by atoms with Crippen LogP contribution in [0.15, 0.2) is 30.3 Å². The fraction of sp³-hybridized carbons (Fsp3) is 0.500. The second-order valence-corrected chi connectivity index (χ2v) is 5.69. The molecule has 3 rings (SSSR count). The predicted molar refractivity (Wildman–Crippen MR) is 75.8 cm³/mol. The molecule has 0 aliphatic carbocycles.